The summed E-state index contributed by atoms with van der Waals surface area (Å²) in [6, 6.07) is 0. The van der Waals surface area contributed by atoms with Crippen LogP contribution in [0.1, 0.15) is 113 Å². The molecule has 5 rings (SSSR count). The van der Waals surface area contributed by atoms with Gasteiger partial charge in [0, 0.05) is 5.92 Å². The van der Waals surface area contributed by atoms with E-state index in [2.05, 4.69) is 54.5 Å². The van der Waals surface area contributed by atoms with Crippen LogP contribution in [-0.4, -0.2) is 21.9 Å². The Hall–Kier alpha value is -0.340. The molecular formula is C29H48O2. The maximum atomic E-state index is 11.7. The standard InChI is InChI=1S/C29H48O2/c1-24(2)14-16-29(31)17-15-27(6)19(20(29)18-24)8-9-22-26(5)12-11-23(30)25(3,4)21(26)10-13-28(22,27)7/h8,20-23,30-31H,9-18H2,1-7H3. The van der Waals surface area contributed by atoms with Crippen LogP contribution in [0, 0.1) is 44.8 Å². The molecule has 2 heteroatoms. The zero-order valence-corrected chi connectivity index (χ0v) is 21.4. The van der Waals surface area contributed by atoms with Crippen LogP contribution in [0.2, 0.25) is 0 Å². The summed E-state index contributed by atoms with van der Waals surface area (Å²) in [6.07, 6.45) is 13.7. The van der Waals surface area contributed by atoms with Crippen molar-refractivity contribution in [2.75, 3.05) is 0 Å². The smallest absolute Gasteiger partial charge is 0.0713 e. The molecule has 0 aromatic carbocycles. The van der Waals surface area contributed by atoms with Crippen LogP contribution in [0.5, 0.6) is 0 Å². The van der Waals surface area contributed by atoms with E-state index in [1.807, 2.05) is 0 Å². The van der Waals surface area contributed by atoms with Gasteiger partial charge in [0.05, 0.1) is 11.7 Å². The van der Waals surface area contributed by atoms with E-state index in [0.29, 0.717) is 34.0 Å². The van der Waals surface area contributed by atoms with Crippen molar-refractivity contribution in [3.05, 3.63) is 11.6 Å². The molecule has 0 saturated heterocycles. The van der Waals surface area contributed by atoms with Crippen molar-refractivity contribution >= 4 is 0 Å². The Balaban J connectivity index is 1.57. The highest BCUT2D eigenvalue weighted by Crippen LogP contribution is 2.74. The summed E-state index contributed by atoms with van der Waals surface area (Å²) in [5, 5.41) is 22.6. The van der Waals surface area contributed by atoms with Gasteiger partial charge < -0.3 is 10.2 Å². The van der Waals surface area contributed by atoms with E-state index >= 15 is 0 Å². The summed E-state index contributed by atoms with van der Waals surface area (Å²) in [5.41, 5.74) is 2.31. The van der Waals surface area contributed by atoms with Gasteiger partial charge in [-0.3, -0.25) is 0 Å². The van der Waals surface area contributed by atoms with Crippen molar-refractivity contribution in [3.8, 4) is 0 Å². The van der Waals surface area contributed by atoms with Gasteiger partial charge in [-0.15, -0.1) is 0 Å². The first-order valence-corrected chi connectivity index (χ1v) is 13.3. The fourth-order valence-electron chi connectivity index (χ4n) is 10.2. The van der Waals surface area contributed by atoms with Gasteiger partial charge in [-0.05, 0) is 103 Å². The Morgan fingerprint density at radius 2 is 1.48 bits per heavy atom. The molecule has 0 aromatic rings. The Kier molecular flexibility index (Phi) is 4.64. The normalized spacial score (nSPS) is 55.2. The molecule has 0 radical (unpaired) electrons. The van der Waals surface area contributed by atoms with Crippen molar-refractivity contribution in [1.29, 1.82) is 0 Å². The number of aliphatic hydroxyl groups excluding tert-OH is 1. The zero-order valence-electron chi connectivity index (χ0n) is 21.4. The number of allylic oxidation sites excluding steroid dienone is 1. The molecule has 8 atom stereocenters. The Labute approximate surface area is 191 Å². The van der Waals surface area contributed by atoms with Crippen LogP contribution in [0.25, 0.3) is 0 Å². The molecule has 31 heavy (non-hydrogen) atoms. The van der Waals surface area contributed by atoms with Crippen LogP contribution >= 0.6 is 0 Å². The number of fused-ring (bicyclic) bond motifs is 7. The van der Waals surface area contributed by atoms with Crippen LogP contribution in [0.4, 0.5) is 0 Å². The predicted molar refractivity (Wildman–Crippen MR) is 128 cm³/mol. The van der Waals surface area contributed by atoms with E-state index in [1.165, 1.54) is 25.7 Å². The minimum absolute atomic E-state index is 0.0133. The molecule has 0 aromatic heterocycles. The molecule has 0 bridgehead atoms. The first-order chi connectivity index (χ1) is 14.2. The molecule has 8 unspecified atom stereocenters. The first-order valence-electron chi connectivity index (χ1n) is 13.3. The fourth-order valence-corrected chi connectivity index (χ4v) is 10.2. The lowest BCUT2D eigenvalue weighted by Gasteiger charge is -2.71. The van der Waals surface area contributed by atoms with Crippen molar-refractivity contribution in [1.82, 2.24) is 0 Å². The van der Waals surface area contributed by atoms with Gasteiger partial charge in [-0.2, -0.15) is 0 Å². The van der Waals surface area contributed by atoms with Gasteiger partial charge in [0.2, 0.25) is 0 Å². The summed E-state index contributed by atoms with van der Waals surface area (Å²) in [5.74, 6) is 1.64. The summed E-state index contributed by atoms with van der Waals surface area (Å²) < 4.78 is 0. The molecule has 0 heterocycles. The third-order valence-electron chi connectivity index (χ3n) is 12.6. The quantitative estimate of drug-likeness (QED) is 0.412. The van der Waals surface area contributed by atoms with Crippen LogP contribution < -0.4 is 0 Å². The van der Waals surface area contributed by atoms with Crippen molar-refractivity contribution in [2.45, 2.75) is 124 Å². The van der Waals surface area contributed by atoms with E-state index in [9.17, 15) is 10.2 Å². The minimum Gasteiger partial charge on any atom is -0.393 e. The summed E-state index contributed by atoms with van der Waals surface area (Å²) in [6.45, 7) is 17.3. The second-order valence-corrected chi connectivity index (χ2v) is 14.7. The molecule has 5 aliphatic rings. The highest BCUT2D eigenvalue weighted by Gasteiger charge is 2.68. The van der Waals surface area contributed by atoms with Gasteiger partial charge >= 0.3 is 0 Å². The average molecular weight is 429 g/mol. The lowest BCUT2D eigenvalue weighted by molar-refractivity contribution is -0.208. The van der Waals surface area contributed by atoms with Gasteiger partial charge in [0.15, 0.2) is 0 Å². The lowest BCUT2D eigenvalue weighted by atomic mass is 9.34. The van der Waals surface area contributed by atoms with Gasteiger partial charge in [0.25, 0.3) is 0 Å². The average Bonchev–Trinajstić information content (AvgIpc) is 2.67. The maximum Gasteiger partial charge on any atom is 0.0713 e. The summed E-state index contributed by atoms with van der Waals surface area (Å²) in [4.78, 5) is 0. The molecule has 2 nitrogen and oxygen atoms in total. The van der Waals surface area contributed by atoms with Crippen molar-refractivity contribution < 1.29 is 10.2 Å². The zero-order chi connectivity index (χ0) is 22.7. The first kappa shape index (κ1) is 22.5. The van der Waals surface area contributed by atoms with E-state index in [0.717, 1.165) is 38.5 Å². The largest absolute Gasteiger partial charge is 0.393 e. The van der Waals surface area contributed by atoms with E-state index in [-0.39, 0.29) is 16.9 Å². The molecular weight excluding hydrogens is 380 g/mol. The van der Waals surface area contributed by atoms with E-state index < -0.39 is 5.60 Å². The van der Waals surface area contributed by atoms with Crippen LogP contribution in [0.3, 0.4) is 0 Å². The Morgan fingerprint density at radius 3 is 2.19 bits per heavy atom. The SMILES string of the molecule is CC1(C)CCC2(O)CCC3(C)C(=CCC4C5(C)CCC(O)C(C)(C)C5CCC43C)C2C1. The molecule has 176 valence electrons. The lowest BCUT2D eigenvalue weighted by Crippen LogP contribution is -2.65. The third kappa shape index (κ3) is 2.76. The third-order valence-corrected chi connectivity index (χ3v) is 12.6. The number of aliphatic hydroxyl groups is 2. The summed E-state index contributed by atoms with van der Waals surface area (Å²) >= 11 is 0. The number of rotatable bonds is 0. The van der Waals surface area contributed by atoms with Gasteiger partial charge in [-0.1, -0.05) is 60.1 Å². The fraction of sp³-hybridized carbons (Fsp3) is 0.931. The van der Waals surface area contributed by atoms with E-state index in [1.54, 1.807) is 5.57 Å². The predicted octanol–water partition coefficient (Wildman–Crippen LogP) is 6.89. The molecule has 0 amide bonds. The number of hydrogen-bond acceptors (Lipinski definition) is 2. The molecule has 2 N–H and O–H groups in total. The molecule has 0 aliphatic heterocycles. The molecule has 0 spiro atoms. The molecule has 4 fully saturated rings. The topological polar surface area (TPSA) is 40.5 Å². The number of hydrogen-bond donors (Lipinski definition) is 2. The van der Waals surface area contributed by atoms with Crippen molar-refractivity contribution in [2.24, 2.45) is 44.8 Å². The monoisotopic (exact) mass is 428 g/mol. The van der Waals surface area contributed by atoms with E-state index in [4.69, 9.17) is 0 Å². The Bertz CT molecular complexity index is 795. The van der Waals surface area contributed by atoms with Gasteiger partial charge in [0.1, 0.15) is 0 Å². The minimum atomic E-state index is -0.470. The maximum absolute atomic E-state index is 11.7. The second-order valence-electron chi connectivity index (χ2n) is 14.7. The highest BCUT2D eigenvalue weighted by atomic mass is 16.3. The Morgan fingerprint density at radius 1 is 0.806 bits per heavy atom. The second kappa shape index (κ2) is 6.41. The summed E-state index contributed by atoms with van der Waals surface area (Å²) in [7, 11) is 0. The molecule has 4 saturated carbocycles. The van der Waals surface area contributed by atoms with Crippen LogP contribution in [0.15, 0.2) is 11.6 Å². The molecule has 5 aliphatic carbocycles. The van der Waals surface area contributed by atoms with Crippen LogP contribution in [-0.2, 0) is 0 Å². The van der Waals surface area contributed by atoms with Crippen molar-refractivity contribution in [3.63, 3.8) is 0 Å². The highest BCUT2D eigenvalue weighted by molar-refractivity contribution is 5.34. The van der Waals surface area contributed by atoms with Gasteiger partial charge in [-0.25, -0.2) is 0 Å².